The second-order valence-corrected chi connectivity index (χ2v) is 4.25. The van der Waals surface area contributed by atoms with Gasteiger partial charge in [-0.05, 0) is 17.7 Å². The van der Waals surface area contributed by atoms with Crippen LogP contribution in [0.1, 0.15) is 10.4 Å². The lowest BCUT2D eigenvalue weighted by molar-refractivity contribution is -0.173. The Bertz CT molecular complexity index is 323. The van der Waals surface area contributed by atoms with Crippen LogP contribution in [0.3, 0.4) is 0 Å². The van der Waals surface area contributed by atoms with Crippen molar-refractivity contribution in [2.75, 3.05) is 13.2 Å². The fourth-order valence-corrected chi connectivity index (χ4v) is 1.54. The first kappa shape index (κ1) is 13.4. The molecule has 16 heavy (non-hydrogen) atoms. The molecule has 1 rings (SSSR count). The number of hydrogen-bond donors (Lipinski definition) is 0. The van der Waals surface area contributed by atoms with Crippen molar-refractivity contribution in [2.24, 2.45) is 0 Å². The van der Waals surface area contributed by atoms with Crippen molar-refractivity contribution in [1.82, 2.24) is 0 Å². The van der Waals surface area contributed by atoms with Crippen molar-refractivity contribution < 1.29 is 22.3 Å². The zero-order valence-electron chi connectivity index (χ0n) is 8.10. The van der Waals surface area contributed by atoms with Gasteiger partial charge < -0.3 is 4.74 Å². The summed E-state index contributed by atoms with van der Waals surface area (Å²) in [6.45, 7) is -1.40. The average Bonchev–Trinajstić information content (AvgIpc) is 2.16. The van der Waals surface area contributed by atoms with Crippen LogP contribution in [0.4, 0.5) is 17.6 Å². The van der Waals surface area contributed by atoms with Crippen LogP contribution < -0.4 is 0 Å². The Kier molecular flexibility index (Phi) is 4.73. The molecule has 1 aromatic rings. The molecule has 0 radical (unpaired) electrons. The van der Waals surface area contributed by atoms with Gasteiger partial charge in [0, 0.05) is 0 Å². The molecule has 0 heterocycles. The number of alkyl halides is 4. The molecule has 0 saturated carbocycles. The van der Waals surface area contributed by atoms with Gasteiger partial charge in [-0.25, -0.2) is 4.39 Å². The molecule has 0 fully saturated rings. The molecule has 1 atom stereocenters. The summed E-state index contributed by atoms with van der Waals surface area (Å²) < 4.78 is 52.4. The molecule has 0 saturated heterocycles. The first-order chi connectivity index (χ1) is 7.38. The lowest BCUT2D eigenvalue weighted by atomic mass is 10.1. The van der Waals surface area contributed by atoms with Gasteiger partial charge in [0.15, 0.2) is 0 Å². The van der Waals surface area contributed by atoms with Crippen molar-refractivity contribution >= 4 is 15.9 Å². The van der Waals surface area contributed by atoms with Gasteiger partial charge in [-0.3, -0.25) is 0 Å². The van der Waals surface area contributed by atoms with Gasteiger partial charge in [0.1, 0.15) is 12.4 Å². The zero-order valence-corrected chi connectivity index (χ0v) is 9.69. The van der Waals surface area contributed by atoms with Gasteiger partial charge in [-0.1, -0.05) is 28.1 Å². The Labute approximate surface area is 98.5 Å². The lowest BCUT2D eigenvalue weighted by Crippen LogP contribution is -2.18. The standard InChI is InChI=1S/C10H9BrF4O/c11-9(5-16-6-10(13,14)15)7-1-3-8(12)4-2-7/h1-4,9H,5-6H2. The molecular formula is C10H9BrF4O. The molecule has 0 aliphatic rings. The van der Waals surface area contributed by atoms with Gasteiger partial charge in [-0.2, -0.15) is 13.2 Å². The number of ether oxygens (including phenoxy) is 1. The van der Waals surface area contributed by atoms with Crippen LogP contribution in [0.15, 0.2) is 24.3 Å². The third kappa shape index (κ3) is 4.94. The fourth-order valence-electron chi connectivity index (χ4n) is 1.05. The van der Waals surface area contributed by atoms with Crippen LogP contribution in [0.2, 0.25) is 0 Å². The Morgan fingerprint density at radius 1 is 1.19 bits per heavy atom. The van der Waals surface area contributed by atoms with Gasteiger partial charge in [0.05, 0.1) is 11.4 Å². The van der Waals surface area contributed by atoms with Crippen molar-refractivity contribution in [3.8, 4) is 0 Å². The Morgan fingerprint density at radius 3 is 2.25 bits per heavy atom. The predicted octanol–water partition coefficient (Wildman–Crippen LogP) is 3.84. The summed E-state index contributed by atoms with van der Waals surface area (Å²) in [5.74, 6) is -0.389. The van der Waals surface area contributed by atoms with E-state index < -0.39 is 12.8 Å². The van der Waals surface area contributed by atoms with E-state index in [2.05, 4.69) is 20.7 Å². The summed E-state index contributed by atoms with van der Waals surface area (Å²) in [6, 6.07) is 5.47. The zero-order chi connectivity index (χ0) is 12.2. The van der Waals surface area contributed by atoms with Crippen molar-refractivity contribution in [2.45, 2.75) is 11.0 Å². The first-order valence-electron chi connectivity index (χ1n) is 4.42. The molecule has 1 aromatic carbocycles. The molecule has 1 nitrogen and oxygen atoms in total. The second-order valence-electron chi connectivity index (χ2n) is 3.15. The minimum Gasteiger partial charge on any atom is -0.371 e. The monoisotopic (exact) mass is 300 g/mol. The largest absolute Gasteiger partial charge is 0.411 e. The summed E-state index contributed by atoms with van der Waals surface area (Å²) in [5, 5.41) is 0. The number of rotatable bonds is 4. The highest BCUT2D eigenvalue weighted by Gasteiger charge is 2.27. The normalized spacial score (nSPS) is 13.8. The molecule has 1 unspecified atom stereocenters. The molecule has 0 aliphatic carbocycles. The first-order valence-corrected chi connectivity index (χ1v) is 5.34. The van der Waals surface area contributed by atoms with Crippen LogP contribution in [0.5, 0.6) is 0 Å². The highest BCUT2D eigenvalue weighted by atomic mass is 79.9. The van der Waals surface area contributed by atoms with E-state index in [1.54, 1.807) is 0 Å². The molecule has 0 N–H and O–H groups in total. The Hall–Kier alpha value is -0.620. The third-order valence-electron chi connectivity index (χ3n) is 1.76. The van der Waals surface area contributed by atoms with E-state index >= 15 is 0 Å². The van der Waals surface area contributed by atoms with E-state index in [0.717, 1.165) is 0 Å². The van der Waals surface area contributed by atoms with Crippen LogP contribution in [-0.4, -0.2) is 19.4 Å². The summed E-state index contributed by atoms with van der Waals surface area (Å²) in [5.41, 5.74) is 0.670. The molecule has 0 aliphatic heterocycles. The number of benzene rings is 1. The van der Waals surface area contributed by atoms with Gasteiger partial charge in [0.2, 0.25) is 0 Å². The van der Waals surface area contributed by atoms with E-state index in [1.807, 2.05) is 0 Å². The Balaban J connectivity index is 2.41. The molecule has 0 bridgehead atoms. The van der Waals surface area contributed by atoms with E-state index in [-0.39, 0.29) is 17.3 Å². The third-order valence-corrected chi connectivity index (χ3v) is 2.55. The van der Waals surface area contributed by atoms with E-state index in [1.165, 1.54) is 24.3 Å². The molecule has 0 amide bonds. The Morgan fingerprint density at radius 2 is 1.75 bits per heavy atom. The topological polar surface area (TPSA) is 9.23 Å². The summed E-state index contributed by atoms with van der Waals surface area (Å²) >= 11 is 3.16. The maximum atomic E-state index is 12.6. The van der Waals surface area contributed by atoms with Crippen molar-refractivity contribution in [3.63, 3.8) is 0 Å². The van der Waals surface area contributed by atoms with E-state index in [0.29, 0.717) is 5.56 Å². The molecule has 0 aromatic heterocycles. The van der Waals surface area contributed by atoms with Crippen molar-refractivity contribution in [1.29, 1.82) is 0 Å². The SMILES string of the molecule is Fc1ccc(C(Br)COCC(F)(F)F)cc1. The summed E-state index contributed by atoms with van der Waals surface area (Å²) in [4.78, 5) is -0.379. The average molecular weight is 301 g/mol. The van der Waals surface area contributed by atoms with Gasteiger partial charge in [0.25, 0.3) is 0 Å². The molecule has 6 heteroatoms. The number of hydrogen-bond acceptors (Lipinski definition) is 1. The predicted molar refractivity (Wildman–Crippen MR) is 54.9 cm³/mol. The minimum absolute atomic E-state index is 0.120. The highest BCUT2D eigenvalue weighted by molar-refractivity contribution is 9.09. The van der Waals surface area contributed by atoms with Crippen LogP contribution >= 0.6 is 15.9 Å². The van der Waals surface area contributed by atoms with Gasteiger partial charge in [-0.15, -0.1) is 0 Å². The minimum atomic E-state index is -4.32. The van der Waals surface area contributed by atoms with Crippen LogP contribution in [0.25, 0.3) is 0 Å². The maximum Gasteiger partial charge on any atom is 0.411 e. The quantitative estimate of drug-likeness (QED) is 0.606. The lowest BCUT2D eigenvalue weighted by Gasteiger charge is -2.12. The second kappa shape index (κ2) is 5.63. The van der Waals surface area contributed by atoms with E-state index in [4.69, 9.17) is 0 Å². The van der Waals surface area contributed by atoms with Crippen LogP contribution in [-0.2, 0) is 4.74 Å². The fraction of sp³-hybridized carbons (Fsp3) is 0.400. The van der Waals surface area contributed by atoms with Crippen LogP contribution in [0, 0.1) is 5.82 Å². The molecule has 90 valence electrons. The number of halogens is 5. The van der Waals surface area contributed by atoms with Gasteiger partial charge >= 0.3 is 6.18 Å². The smallest absolute Gasteiger partial charge is 0.371 e. The molecule has 0 spiro atoms. The molecular weight excluding hydrogens is 292 g/mol. The maximum absolute atomic E-state index is 12.6. The summed E-state index contributed by atoms with van der Waals surface area (Å²) in [7, 11) is 0. The highest BCUT2D eigenvalue weighted by Crippen LogP contribution is 2.24. The summed E-state index contributed by atoms with van der Waals surface area (Å²) in [6.07, 6.45) is -4.32. The van der Waals surface area contributed by atoms with E-state index in [9.17, 15) is 17.6 Å². The van der Waals surface area contributed by atoms with Crippen molar-refractivity contribution in [3.05, 3.63) is 35.6 Å².